The highest BCUT2D eigenvalue weighted by Crippen LogP contribution is 2.34. The van der Waals surface area contributed by atoms with E-state index in [0.717, 1.165) is 10.8 Å². The average molecular weight is 638 g/mol. The second-order valence-electron chi connectivity index (χ2n) is 11.1. The number of nitrogens with two attached hydrogens (primary N) is 1. The second-order valence-corrected chi connectivity index (χ2v) is 11.1. The van der Waals surface area contributed by atoms with E-state index in [0.29, 0.717) is 45.6 Å². The number of alkyl halides is 3. The first kappa shape index (κ1) is 33.9. The van der Waals surface area contributed by atoms with Crippen molar-refractivity contribution in [2.45, 2.75) is 65.5 Å². The van der Waals surface area contributed by atoms with Gasteiger partial charge in [-0.3, -0.25) is 9.59 Å². The lowest BCUT2D eigenvalue weighted by Crippen LogP contribution is -2.46. The number of benzene rings is 3. The van der Waals surface area contributed by atoms with Crippen LogP contribution in [0.1, 0.15) is 51.8 Å². The first-order chi connectivity index (χ1) is 21.8. The van der Waals surface area contributed by atoms with Crippen LogP contribution >= 0.6 is 0 Å². The Bertz CT molecular complexity index is 1690. The number of carbonyl (C=O) groups excluding carboxylic acids is 2. The molecule has 1 aromatic heterocycles. The minimum absolute atomic E-state index is 0.0548. The predicted molar refractivity (Wildman–Crippen MR) is 173 cm³/mol. The Balaban J connectivity index is 1.70. The lowest BCUT2D eigenvalue weighted by molar-refractivity contribution is -0.170. The summed E-state index contributed by atoms with van der Waals surface area (Å²) in [5, 5.41) is 7.70. The number of ether oxygens (including phenoxy) is 2. The molecule has 0 saturated heterocycles. The number of anilines is 3. The molecule has 1 unspecified atom stereocenters. The Morgan fingerprint density at radius 1 is 0.978 bits per heavy atom. The lowest BCUT2D eigenvalue weighted by atomic mass is 10.0. The molecule has 2 amide bonds. The van der Waals surface area contributed by atoms with Crippen molar-refractivity contribution < 1.29 is 32.2 Å². The normalized spacial score (nSPS) is 12.2. The Labute approximate surface area is 265 Å². The molecule has 0 bridgehead atoms. The van der Waals surface area contributed by atoms with E-state index in [2.05, 4.69) is 15.6 Å². The molecule has 0 radical (unpaired) electrons. The van der Waals surface area contributed by atoms with Crippen LogP contribution < -0.4 is 30.7 Å². The summed E-state index contributed by atoms with van der Waals surface area (Å²) < 4.78 is 52.2. The number of nitrogens with one attached hydrogen (secondary N) is 2. The van der Waals surface area contributed by atoms with E-state index < -0.39 is 30.1 Å². The van der Waals surface area contributed by atoms with E-state index in [4.69, 9.17) is 15.2 Å². The van der Waals surface area contributed by atoms with Crippen molar-refractivity contribution in [2.24, 2.45) is 0 Å². The fourth-order valence-corrected chi connectivity index (χ4v) is 5.02. The second kappa shape index (κ2) is 14.4. The lowest BCUT2D eigenvalue weighted by Gasteiger charge is -2.30. The van der Waals surface area contributed by atoms with Crippen molar-refractivity contribution in [1.29, 1.82) is 0 Å². The molecule has 0 aliphatic rings. The highest BCUT2D eigenvalue weighted by molar-refractivity contribution is 5.98. The zero-order valence-corrected chi connectivity index (χ0v) is 26.3. The molecule has 12 heteroatoms. The molecule has 46 heavy (non-hydrogen) atoms. The van der Waals surface area contributed by atoms with Gasteiger partial charge in [-0.05, 0) is 93.6 Å². The first-order valence-electron chi connectivity index (χ1n) is 14.9. The summed E-state index contributed by atoms with van der Waals surface area (Å²) in [5.74, 6) is -1.11. The van der Waals surface area contributed by atoms with Crippen LogP contribution in [0, 0.1) is 0 Å². The third kappa shape index (κ3) is 7.98. The fraction of sp³-hybridized carbons (Fsp3) is 0.324. The summed E-state index contributed by atoms with van der Waals surface area (Å²) in [7, 11) is 0. The number of para-hydroxylation sites is 1. The van der Waals surface area contributed by atoms with Crippen LogP contribution in [-0.4, -0.2) is 41.7 Å². The van der Waals surface area contributed by atoms with Crippen molar-refractivity contribution in [3.8, 4) is 11.5 Å². The number of amides is 2. The van der Waals surface area contributed by atoms with Gasteiger partial charge in [0.25, 0.3) is 0 Å². The molecular weight excluding hydrogens is 599 g/mol. The number of hydrogen-bond acceptors (Lipinski definition) is 7. The Kier molecular flexibility index (Phi) is 10.6. The number of nitrogen functional groups attached to an aromatic ring is 1. The number of hydrogen-bond donors (Lipinski definition) is 3. The molecule has 0 spiro atoms. The zero-order valence-electron chi connectivity index (χ0n) is 26.3. The van der Waals surface area contributed by atoms with Crippen molar-refractivity contribution >= 4 is 39.8 Å². The molecule has 0 fully saturated rings. The molecule has 1 heterocycles. The third-order valence-electron chi connectivity index (χ3n) is 7.01. The van der Waals surface area contributed by atoms with Crippen LogP contribution in [-0.2, 0) is 16.1 Å². The molecule has 4 N–H and O–H groups in total. The van der Waals surface area contributed by atoms with Crippen molar-refractivity contribution in [3.63, 3.8) is 0 Å². The summed E-state index contributed by atoms with van der Waals surface area (Å²) in [6.07, 6.45) is -3.59. The van der Waals surface area contributed by atoms with Gasteiger partial charge in [-0.1, -0.05) is 24.3 Å². The Morgan fingerprint density at radius 3 is 2.39 bits per heavy atom. The molecule has 1 atom stereocenters. The minimum Gasteiger partial charge on any atom is -0.490 e. The Hall–Kier alpha value is -5.00. The van der Waals surface area contributed by atoms with Crippen molar-refractivity contribution in [3.05, 3.63) is 84.1 Å². The van der Waals surface area contributed by atoms with E-state index in [1.165, 1.54) is 19.9 Å². The number of carbonyl (C=O) groups is 2. The van der Waals surface area contributed by atoms with E-state index in [9.17, 15) is 22.8 Å². The molecule has 4 rings (SSSR count). The largest absolute Gasteiger partial charge is 0.490 e. The van der Waals surface area contributed by atoms with E-state index in [1.54, 1.807) is 60.8 Å². The maximum Gasteiger partial charge on any atom is 0.471 e. The quantitative estimate of drug-likeness (QED) is 0.157. The van der Waals surface area contributed by atoms with Gasteiger partial charge in [0.05, 0.1) is 12.7 Å². The molecule has 3 aromatic carbocycles. The van der Waals surface area contributed by atoms with E-state index in [-0.39, 0.29) is 18.3 Å². The van der Waals surface area contributed by atoms with Crippen LogP contribution in [0.15, 0.2) is 72.9 Å². The maximum absolute atomic E-state index is 13.9. The molecule has 0 aliphatic carbocycles. The monoisotopic (exact) mass is 637 g/mol. The van der Waals surface area contributed by atoms with E-state index >= 15 is 0 Å². The predicted octanol–water partition coefficient (Wildman–Crippen LogP) is 6.78. The van der Waals surface area contributed by atoms with Crippen molar-refractivity contribution in [1.82, 2.24) is 10.3 Å². The number of rotatable bonds is 12. The summed E-state index contributed by atoms with van der Waals surface area (Å²) in [6.45, 7) is 8.83. The van der Waals surface area contributed by atoms with E-state index in [1.807, 2.05) is 26.8 Å². The number of halogens is 3. The van der Waals surface area contributed by atoms with Gasteiger partial charge in [0, 0.05) is 35.5 Å². The third-order valence-corrected chi connectivity index (χ3v) is 7.01. The van der Waals surface area contributed by atoms with Crippen LogP contribution in [0.2, 0.25) is 0 Å². The van der Waals surface area contributed by atoms with Gasteiger partial charge in [-0.2, -0.15) is 13.2 Å². The SMILES string of the molecule is CCOc1cc(C(Nc2ccc3c(N)nccc3c2)C(=O)NCc2ccccc2N(C(=O)C(F)(F)F)C(C)C)ccc1OC(C)C. The number of nitrogens with zero attached hydrogens (tertiary/aromatic N) is 2. The maximum atomic E-state index is 13.9. The number of pyridine rings is 1. The average Bonchev–Trinajstić information content (AvgIpc) is 2.99. The van der Waals surface area contributed by atoms with Gasteiger partial charge in [0.1, 0.15) is 11.9 Å². The van der Waals surface area contributed by atoms with Gasteiger partial charge in [0.2, 0.25) is 5.91 Å². The highest BCUT2D eigenvalue weighted by Gasteiger charge is 2.44. The molecule has 0 saturated carbocycles. The molecule has 4 aromatic rings. The summed E-state index contributed by atoms with van der Waals surface area (Å²) in [4.78, 5) is 31.1. The summed E-state index contributed by atoms with van der Waals surface area (Å²) >= 11 is 0. The van der Waals surface area contributed by atoms with Crippen molar-refractivity contribution in [2.75, 3.05) is 22.6 Å². The molecule has 9 nitrogen and oxygen atoms in total. The van der Waals surface area contributed by atoms with Crippen LogP contribution in [0.25, 0.3) is 10.8 Å². The molecule has 244 valence electrons. The van der Waals surface area contributed by atoms with Gasteiger partial charge >= 0.3 is 12.1 Å². The zero-order chi connectivity index (χ0) is 33.6. The standard InChI is InChI=1S/C34H38F3N5O4/c1-6-45-29-18-23(11-14-28(29)46-21(4)5)30(41-25-12-13-26-22(17-25)15-16-39-31(26)38)32(43)40-19-24-9-7-8-10-27(24)42(20(2)3)33(44)34(35,36)37/h7-18,20-21,30,41H,6,19H2,1-5H3,(H2,38,39)(H,40,43). The summed E-state index contributed by atoms with van der Waals surface area (Å²) in [6, 6.07) is 16.8. The molecular formula is C34H38F3N5O4. The van der Waals surface area contributed by atoms with Crippen LogP contribution in [0.3, 0.4) is 0 Å². The topological polar surface area (TPSA) is 119 Å². The van der Waals surface area contributed by atoms with Gasteiger partial charge in [-0.15, -0.1) is 0 Å². The highest BCUT2D eigenvalue weighted by atomic mass is 19.4. The van der Waals surface area contributed by atoms with Crippen LogP contribution in [0.4, 0.5) is 30.4 Å². The van der Waals surface area contributed by atoms with Gasteiger partial charge in [0.15, 0.2) is 11.5 Å². The van der Waals surface area contributed by atoms with Crippen LogP contribution in [0.5, 0.6) is 11.5 Å². The van der Waals surface area contributed by atoms with Gasteiger partial charge in [-0.25, -0.2) is 4.98 Å². The Morgan fingerprint density at radius 2 is 1.72 bits per heavy atom. The molecule has 0 aliphatic heterocycles. The summed E-state index contributed by atoms with van der Waals surface area (Å²) in [5.41, 5.74) is 7.58. The first-order valence-corrected chi connectivity index (χ1v) is 14.9. The smallest absolute Gasteiger partial charge is 0.471 e. The fourth-order valence-electron chi connectivity index (χ4n) is 5.02. The minimum atomic E-state index is -5.07. The van der Waals surface area contributed by atoms with Gasteiger partial charge < -0.3 is 30.7 Å². The number of fused-ring (bicyclic) bond motifs is 1. The number of aromatic nitrogens is 1.